The zero-order valence-corrected chi connectivity index (χ0v) is 11.5. The first kappa shape index (κ1) is 13.3. The van der Waals surface area contributed by atoms with Crippen LogP contribution >= 0.6 is 12.2 Å². The second-order valence-corrected chi connectivity index (χ2v) is 4.37. The number of para-hydroxylation sites is 1. The summed E-state index contributed by atoms with van der Waals surface area (Å²) < 4.78 is 5.31. The van der Waals surface area contributed by atoms with Crippen LogP contribution in [0, 0.1) is 0 Å². The van der Waals surface area contributed by atoms with Gasteiger partial charge in [0, 0.05) is 11.8 Å². The van der Waals surface area contributed by atoms with Crippen molar-refractivity contribution in [1.82, 2.24) is 0 Å². The van der Waals surface area contributed by atoms with Crippen molar-refractivity contribution in [3.05, 3.63) is 78.2 Å². The molecule has 2 nitrogen and oxygen atoms in total. The Balaban J connectivity index is 2.13. The molecule has 2 rings (SSSR count). The Labute approximate surface area is 118 Å². The highest BCUT2D eigenvalue weighted by Gasteiger charge is 2.01. The maximum atomic E-state index is 5.38. The number of methoxy groups -OCH3 is 1. The SMILES string of the molecule is CO/C(=C/C(=S)c1ccccc1)Nc1ccccc1. The molecule has 0 radical (unpaired) electrons. The van der Waals surface area contributed by atoms with E-state index in [2.05, 4.69) is 5.32 Å². The van der Waals surface area contributed by atoms with Gasteiger partial charge in [0.1, 0.15) is 0 Å². The largest absolute Gasteiger partial charge is 0.482 e. The second-order valence-electron chi connectivity index (χ2n) is 3.93. The average molecular weight is 269 g/mol. The zero-order chi connectivity index (χ0) is 13.5. The number of allylic oxidation sites excluding steroid dienone is 1. The van der Waals surface area contributed by atoms with Gasteiger partial charge >= 0.3 is 0 Å². The molecule has 0 aliphatic carbocycles. The van der Waals surface area contributed by atoms with Gasteiger partial charge in [-0.05, 0) is 17.7 Å². The molecule has 0 fully saturated rings. The highest BCUT2D eigenvalue weighted by Crippen LogP contribution is 2.11. The van der Waals surface area contributed by atoms with Crippen molar-refractivity contribution in [2.24, 2.45) is 0 Å². The lowest BCUT2D eigenvalue weighted by Crippen LogP contribution is -2.05. The molecule has 2 aromatic rings. The average Bonchev–Trinajstić information content (AvgIpc) is 2.48. The van der Waals surface area contributed by atoms with Crippen molar-refractivity contribution >= 4 is 22.8 Å². The van der Waals surface area contributed by atoms with Crippen molar-refractivity contribution in [3.63, 3.8) is 0 Å². The van der Waals surface area contributed by atoms with Crippen molar-refractivity contribution in [1.29, 1.82) is 0 Å². The molecule has 0 heterocycles. The number of ether oxygens (including phenoxy) is 1. The Hall–Kier alpha value is -2.13. The smallest absolute Gasteiger partial charge is 0.192 e. The highest BCUT2D eigenvalue weighted by molar-refractivity contribution is 7.81. The molecular formula is C16H15NOS. The first-order valence-corrected chi connectivity index (χ1v) is 6.37. The van der Waals surface area contributed by atoms with Crippen molar-refractivity contribution in [2.75, 3.05) is 12.4 Å². The van der Waals surface area contributed by atoms with Gasteiger partial charge < -0.3 is 10.1 Å². The van der Waals surface area contributed by atoms with E-state index in [1.54, 1.807) is 7.11 Å². The number of anilines is 1. The monoisotopic (exact) mass is 269 g/mol. The second kappa shape index (κ2) is 6.71. The van der Waals surface area contributed by atoms with E-state index in [0.717, 1.165) is 16.1 Å². The normalized spacial score (nSPS) is 10.9. The topological polar surface area (TPSA) is 21.3 Å². The third kappa shape index (κ3) is 3.93. The maximum Gasteiger partial charge on any atom is 0.192 e. The molecule has 0 bridgehead atoms. The summed E-state index contributed by atoms with van der Waals surface area (Å²) >= 11 is 5.38. The van der Waals surface area contributed by atoms with Crippen LogP contribution in [0.3, 0.4) is 0 Å². The van der Waals surface area contributed by atoms with Gasteiger partial charge in [-0.3, -0.25) is 0 Å². The molecule has 96 valence electrons. The number of benzene rings is 2. The van der Waals surface area contributed by atoms with Crippen LogP contribution in [0.25, 0.3) is 0 Å². The molecule has 0 unspecified atom stereocenters. The summed E-state index contributed by atoms with van der Waals surface area (Å²) in [7, 11) is 1.62. The van der Waals surface area contributed by atoms with E-state index in [4.69, 9.17) is 17.0 Å². The van der Waals surface area contributed by atoms with Gasteiger partial charge in [0.2, 0.25) is 0 Å². The van der Waals surface area contributed by atoms with Crippen molar-refractivity contribution < 1.29 is 4.74 Å². The van der Waals surface area contributed by atoms with Gasteiger partial charge in [0.15, 0.2) is 5.88 Å². The van der Waals surface area contributed by atoms with E-state index >= 15 is 0 Å². The van der Waals surface area contributed by atoms with Gasteiger partial charge in [0.05, 0.1) is 12.0 Å². The molecule has 19 heavy (non-hydrogen) atoms. The van der Waals surface area contributed by atoms with Crippen LogP contribution < -0.4 is 5.32 Å². The standard InChI is InChI=1S/C16H15NOS/c1-18-16(17-14-10-6-3-7-11-14)12-15(19)13-8-4-2-5-9-13/h2-12,17H,1H3/b16-12+. The quantitative estimate of drug-likeness (QED) is 0.383. The summed E-state index contributed by atoms with van der Waals surface area (Å²) in [6, 6.07) is 19.7. The summed E-state index contributed by atoms with van der Waals surface area (Å²) in [6.45, 7) is 0. The minimum atomic E-state index is 0.625. The van der Waals surface area contributed by atoms with Gasteiger partial charge in [-0.2, -0.15) is 0 Å². The molecule has 0 atom stereocenters. The first-order chi connectivity index (χ1) is 9.29. The van der Waals surface area contributed by atoms with Crippen LogP contribution in [-0.4, -0.2) is 12.0 Å². The van der Waals surface area contributed by atoms with E-state index in [1.165, 1.54) is 0 Å². The Morgan fingerprint density at radius 1 is 1.00 bits per heavy atom. The summed E-state index contributed by atoms with van der Waals surface area (Å²) in [5.74, 6) is 0.625. The van der Waals surface area contributed by atoms with Crippen LogP contribution in [-0.2, 0) is 4.74 Å². The lowest BCUT2D eigenvalue weighted by molar-refractivity contribution is 0.298. The lowest BCUT2D eigenvalue weighted by atomic mass is 10.1. The van der Waals surface area contributed by atoms with Crippen LogP contribution in [0.5, 0.6) is 0 Å². The van der Waals surface area contributed by atoms with Gasteiger partial charge in [0.25, 0.3) is 0 Å². The number of rotatable bonds is 5. The minimum Gasteiger partial charge on any atom is -0.482 e. The fraction of sp³-hybridized carbons (Fsp3) is 0.0625. The Bertz CT molecular complexity index is 564. The molecule has 0 saturated carbocycles. The molecule has 0 aromatic heterocycles. The Morgan fingerprint density at radius 3 is 2.16 bits per heavy atom. The number of thiocarbonyl (C=S) groups is 1. The van der Waals surface area contributed by atoms with E-state index in [0.29, 0.717) is 5.88 Å². The first-order valence-electron chi connectivity index (χ1n) is 5.97. The predicted octanol–water partition coefficient (Wildman–Crippen LogP) is 4.00. The van der Waals surface area contributed by atoms with Crippen LogP contribution in [0.15, 0.2) is 72.6 Å². The third-order valence-electron chi connectivity index (χ3n) is 2.58. The molecule has 0 aliphatic rings. The fourth-order valence-electron chi connectivity index (χ4n) is 1.61. The van der Waals surface area contributed by atoms with E-state index in [-0.39, 0.29) is 0 Å². The molecular weight excluding hydrogens is 254 g/mol. The zero-order valence-electron chi connectivity index (χ0n) is 10.7. The Kier molecular flexibility index (Phi) is 4.70. The summed E-state index contributed by atoms with van der Waals surface area (Å²) in [5, 5.41) is 3.18. The summed E-state index contributed by atoms with van der Waals surface area (Å²) in [6.07, 6.45) is 1.82. The van der Waals surface area contributed by atoms with Crippen LogP contribution in [0.2, 0.25) is 0 Å². The minimum absolute atomic E-state index is 0.625. The van der Waals surface area contributed by atoms with Crippen LogP contribution in [0.4, 0.5) is 5.69 Å². The van der Waals surface area contributed by atoms with Gasteiger partial charge in [-0.1, -0.05) is 60.7 Å². The van der Waals surface area contributed by atoms with Crippen molar-refractivity contribution in [3.8, 4) is 0 Å². The molecule has 0 spiro atoms. The molecule has 0 amide bonds. The van der Waals surface area contributed by atoms with Crippen molar-refractivity contribution in [2.45, 2.75) is 0 Å². The van der Waals surface area contributed by atoms with Gasteiger partial charge in [-0.15, -0.1) is 0 Å². The third-order valence-corrected chi connectivity index (χ3v) is 2.94. The lowest BCUT2D eigenvalue weighted by Gasteiger charge is -2.10. The molecule has 2 aromatic carbocycles. The summed E-state index contributed by atoms with van der Waals surface area (Å²) in [5.41, 5.74) is 1.97. The number of hydrogen-bond donors (Lipinski definition) is 1. The van der Waals surface area contributed by atoms with Crippen LogP contribution in [0.1, 0.15) is 5.56 Å². The Morgan fingerprint density at radius 2 is 1.58 bits per heavy atom. The molecule has 0 saturated heterocycles. The number of nitrogens with one attached hydrogen (secondary N) is 1. The van der Waals surface area contributed by atoms with E-state index in [9.17, 15) is 0 Å². The molecule has 1 N–H and O–H groups in total. The predicted molar refractivity (Wildman–Crippen MR) is 83.3 cm³/mol. The summed E-state index contributed by atoms with van der Waals surface area (Å²) in [4.78, 5) is 0.737. The maximum absolute atomic E-state index is 5.38. The molecule has 3 heteroatoms. The molecule has 0 aliphatic heterocycles. The number of hydrogen-bond acceptors (Lipinski definition) is 3. The van der Waals surface area contributed by atoms with E-state index in [1.807, 2.05) is 66.7 Å². The fourth-order valence-corrected chi connectivity index (χ4v) is 1.86. The van der Waals surface area contributed by atoms with E-state index < -0.39 is 0 Å². The van der Waals surface area contributed by atoms with Gasteiger partial charge in [-0.25, -0.2) is 0 Å². The highest BCUT2D eigenvalue weighted by atomic mass is 32.1.